The summed E-state index contributed by atoms with van der Waals surface area (Å²) in [6.45, 7) is 1.49. The zero-order valence-electron chi connectivity index (χ0n) is 12.3. The van der Waals surface area contributed by atoms with E-state index in [0.717, 1.165) is 37.8 Å². The molecule has 1 amide bonds. The van der Waals surface area contributed by atoms with Crippen molar-refractivity contribution in [1.29, 1.82) is 0 Å². The first kappa shape index (κ1) is 13.4. The first-order valence-electron chi connectivity index (χ1n) is 7.80. The van der Waals surface area contributed by atoms with E-state index in [1.807, 2.05) is 17.0 Å². The van der Waals surface area contributed by atoms with E-state index in [1.165, 1.54) is 0 Å². The van der Waals surface area contributed by atoms with Gasteiger partial charge in [0.2, 0.25) is 11.7 Å². The number of likely N-dealkylation sites (tertiary alicyclic amines) is 1. The third-order valence-corrected chi connectivity index (χ3v) is 4.35. The van der Waals surface area contributed by atoms with Gasteiger partial charge in [0.25, 0.3) is 0 Å². The van der Waals surface area contributed by atoms with Gasteiger partial charge in [0.05, 0.1) is 12.6 Å². The number of amides is 1. The smallest absolute Gasteiger partial charge is 0.225 e. The maximum Gasteiger partial charge on any atom is 0.225 e. The molecular weight excluding hydrogens is 280 g/mol. The zero-order valence-corrected chi connectivity index (χ0v) is 12.3. The van der Waals surface area contributed by atoms with Gasteiger partial charge in [-0.25, -0.2) is 0 Å². The number of nitrogens with zero attached hydrogens (tertiary/aromatic N) is 6. The highest BCUT2D eigenvalue weighted by Gasteiger charge is 2.38. The predicted molar refractivity (Wildman–Crippen MR) is 78.5 cm³/mol. The molecule has 0 spiro atoms. The molecule has 3 heterocycles. The molecule has 0 unspecified atom stereocenters. The number of hydrogen-bond acceptors (Lipinski definition) is 5. The third-order valence-electron chi connectivity index (χ3n) is 4.35. The van der Waals surface area contributed by atoms with Crippen molar-refractivity contribution in [2.24, 2.45) is 5.92 Å². The van der Waals surface area contributed by atoms with E-state index in [0.29, 0.717) is 18.3 Å². The molecule has 1 aliphatic carbocycles. The van der Waals surface area contributed by atoms with Crippen LogP contribution >= 0.6 is 0 Å². The fraction of sp³-hybridized carbons (Fsp3) is 0.533. The lowest BCUT2D eigenvalue weighted by Gasteiger charge is -2.24. The Balaban J connectivity index is 1.47. The number of tetrazole rings is 1. The molecule has 114 valence electrons. The van der Waals surface area contributed by atoms with E-state index < -0.39 is 0 Å². The van der Waals surface area contributed by atoms with Crippen molar-refractivity contribution in [2.45, 2.75) is 38.3 Å². The summed E-state index contributed by atoms with van der Waals surface area (Å²) in [7, 11) is 0. The van der Waals surface area contributed by atoms with Gasteiger partial charge in [0.15, 0.2) is 0 Å². The SMILES string of the molecule is O=C(C1CC1)N1CCC[C@@H]1Cn1nnc(-c2ccncc2)n1. The van der Waals surface area contributed by atoms with Crippen LogP contribution in [0.1, 0.15) is 25.7 Å². The highest BCUT2D eigenvalue weighted by molar-refractivity contribution is 5.81. The Hall–Kier alpha value is -2.31. The summed E-state index contributed by atoms with van der Waals surface area (Å²) in [6.07, 6.45) is 7.61. The van der Waals surface area contributed by atoms with Gasteiger partial charge in [0, 0.05) is 30.4 Å². The molecular formula is C15H18N6O. The van der Waals surface area contributed by atoms with E-state index in [1.54, 1.807) is 17.2 Å². The second-order valence-electron chi connectivity index (χ2n) is 6.01. The Morgan fingerprint density at radius 2 is 2.05 bits per heavy atom. The summed E-state index contributed by atoms with van der Waals surface area (Å²) >= 11 is 0. The molecule has 4 rings (SSSR count). The number of pyridine rings is 1. The minimum atomic E-state index is 0.201. The summed E-state index contributed by atoms with van der Waals surface area (Å²) in [5.41, 5.74) is 0.901. The molecule has 2 fully saturated rings. The van der Waals surface area contributed by atoms with Gasteiger partial charge < -0.3 is 4.90 Å². The predicted octanol–water partition coefficient (Wildman–Crippen LogP) is 1.14. The standard InChI is InChI=1S/C15H18N6O/c22-15(12-3-4-12)20-9-1-2-13(20)10-21-18-14(17-19-21)11-5-7-16-8-6-11/h5-8,12-13H,1-4,9-10H2/t13-/m1/s1. The van der Waals surface area contributed by atoms with E-state index in [-0.39, 0.29) is 12.0 Å². The highest BCUT2D eigenvalue weighted by atomic mass is 16.2. The largest absolute Gasteiger partial charge is 0.338 e. The zero-order chi connectivity index (χ0) is 14.9. The van der Waals surface area contributed by atoms with Gasteiger partial charge in [0.1, 0.15) is 0 Å². The first-order chi connectivity index (χ1) is 10.8. The normalized spacial score (nSPS) is 21.3. The summed E-state index contributed by atoms with van der Waals surface area (Å²) < 4.78 is 0. The van der Waals surface area contributed by atoms with Crippen molar-refractivity contribution in [1.82, 2.24) is 30.1 Å². The van der Waals surface area contributed by atoms with Crippen LogP contribution in [-0.2, 0) is 11.3 Å². The monoisotopic (exact) mass is 298 g/mol. The van der Waals surface area contributed by atoms with Crippen molar-refractivity contribution in [3.8, 4) is 11.4 Å². The highest BCUT2D eigenvalue weighted by Crippen LogP contribution is 2.33. The van der Waals surface area contributed by atoms with E-state index in [9.17, 15) is 4.79 Å². The number of hydrogen-bond donors (Lipinski definition) is 0. The van der Waals surface area contributed by atoms with Gasteiger partial charge in [-0.1, -0.05) is 0 Å². The molecule has 0 aromatic carbocycles. The van der Waals surface area contributed by atoms with Gasteiger partial charge in [-0.05, 0) is 43.0 Å². The first-order valence-corrected chi connectivity index (χ1v) is 7.80. The Morgan fingerprint density at radius 1 is 1.23 bits per heavy atom. The summed E-state index contributed by atoms with van der Waals surface area (Å²) in [6, 6.07) is 3.92. The van der Waals surface area contributed by atoms with Crippen molar-refractivity contribution in [3.05, 3.63) is 24.5 Å². The molecule has 1 saturated carbocycles. The van der Waals surface area contributed by atoms with Gasteiger partial charge in [-0.3, -0.25) is 9.78 Å². The minimum Gasteiger partial charge on any atom is -0.338 e. The molecule has 22 heavy (non-hydrogen) atoms. The van der Waals surface area contributed by atoms with E-state index in [2.05, 4.69) is 20.4 Å². The van der Waals surface area contributed by atoms with Crippen LogP contribution in [0.5, 0.6) is 0 Å². The van der Waals surface area contributed by atoms with Crippen LogP contribution in [0.3, 0.4) is 0 Å². The quantitative estimate of drug-likeness (QED) is 0.846. The Labute approximate surface area is 128 Å². The molecule has 1 saturated heterocycles. The molecule has 2 aromatic rings. The lowest BCUT2D eigenvalue weighted by molar-refractivity contribution is -0.133. The van der Waals surface area contributed by atoms with Crippen LogP contribution in [0.4, 0.5) is 0 Å². The minimum absolute atomic E-state index is 0.201. The van der Waals surface area contributed by atoms with Crippen LogP contribution in [0, 0.1) is 5.92 Å². The maximum atomic E-state index is 12.3. The maximum absolute atomic E-state index is 12.3. The van der Waals surface area contributed by atoms with Crippen molar-refractivity contribution in [3.63, 3.8) is 0 Å². The van der Waals surface area contributed by atoms with Gasteiger partial charge >= 0.3 is 0 Å². The molecule has 0 N–H and O–H groups in total. The van der Waals surface area contributed by atoms with Crippen molar-refractivity contribution < 1.29 is 4.79 Å². The average Bonchev–Trinajstić information content (AvgIpc) is 3.13. The van der Waals surface area contributed by atoms with E-state index in [4.69, 9.17) is 0 Å². The van der Waals surface area contributed by atoms with Gasteiger partial charge in [-0.2, -0.15) is 4.80 Å². The molecule has 0 bridgehead atoms. The molecule has 7 nitrogen and oxygen atoms in total. The number of carbonyl (C=O) groups is 1. The number of aromatic nitrogens is 5. The third kappa shape index (κ3) is 2.58. The number of carbonyl (C=O) groups excluding carboxylic acids is 1. The van der Waals surface area contributed by atoms with Crippen LogP contribution in [0.2, 0.25) is 0 Å². The second-order valence-corrected chi connectivity index (χ2v) is 6.01. The summed E-state index contributed by atoms with van der Waals surface area (Å²) in [5, 5.41) is 12.7. The topological polar surface area (TPSA) is 76.8 Å². The Bertz CT molecular complexity index is 666. The molecule has 7 heteroatoms. The lowest BCUT2D eigenvalue weighted by Crippen LogP contribution is -2.39. The Kier molecular flexibility index (Phi) is 3.32. The summed E-state index contributed by atoms with van der Waals surface area (Å²) in [4.78, 5) is 19.9. The summed E-state index contributed by atoms with van der Waals surface area (Å²) in [5.74, 6) is 1.19. The lowest BCUT2D eigenvalue weighted by atomic mass is 10.2. The fourth-order valence-electron chi connectivity index (χ4n) is 3.01. The number of rotatable bonds is 4. The van der Waals surface area contributed by atoms with E-state index >= 15 is 0 Å². The molecule has 0 radical (unpaired) electrons. The fourth-order valence-corrected chi connectivity index (χ4v) is 3.01. The van der Waals surface area contributed by atoms with Crippen LogP contribution < -0.4 is 0 Å². The molecule has 1 atom stereocenters. The second kappa shape index (κ2) is 5.47. The van der Waals surface area contributed by atoms with Crippen molar-refractivity contribution >= 4 is 5.91 Å². The molecule has 2 aromatic heterocycles. The van der Waals surface area contributed by atoms with Crippen LogP contribution in [0.25, 0.3) is 11.4 Å². The molecule has 1 aliphatic heterocycles. The van der Waals surface area contributed by atoms with Gasteiger partial charge in [-0.15, -0.1) is 10.2 Å². The van der Waals surface area contributed by atoms with Crippen molar-refractivity contribution in [2.75, 3.05) is 6.54 Å². The van der Waals surface area contributed by atoms with Crippen LogP contribution in [-0.4, -0.2) is 48.6 Å². The van der Waals surface area contributed by atoms with Crippen LogP contribution in [0.15, 0.2) is 24.5 Å². The Morgan fingerprint density at radius 3 is 2.82 bits per heavy atom. The average molecular weight is 298 g/mol. The molecule has 2 aliphatic rings.